The zero-order valence-electron chi connectivity index (χ0n) is 19.3. The van der Waals surface area contributed by atoms with Gasteiger partial charge in [0, 0.05) is 6.54 Å². The van der Waals surface area contributed by atoms with E-state index in [1.54, 1.807) is 36.3 Å². The maximum absolute atomic E-state index is 12.9. The normalized spacial score (nSPS) is 15.6. The quantitative estimate of drug-likeness (QED) is 0.416. The predicted octanol–water partition coefficient (Wildman–Crippen LogP) is 5.60. The van der Waals surface area contributed by atoms with Crippen molar-refractivity contribution in [3.05, 3.63) is 94.4 Å². The molecule has 35 heavy (non-hydrogen) atoms. The number of hydrogen-bond donors (Lipinski definition) is 1. The summed E-state index contributed by atoms with van der Waals surface area (Å²) in [5.41, 5.74) is 2.74. The number of nitrogens with zero attached hydrogens (tertiary/aromatic N) is 2. The van der Waals surface area contributed by atoms with Crippen molar-refractivity contribution in [2.45, 2.75) is 13.5 Å². The van der Waals surface area contributed by atoms with Gasteiger partial charge in [-0.3, -0.25) is 9.69 Å². The molecule has 0 saturated carbocycles. The molecule has 0 aliphatic carbocycles. The molecule has 178 valence electrons. The van der Waals surface area contributed by atoms with E-state index in [1.807, 2.05) is 61.5 Å². The third kappa shape index (κ3) is 5.91. The number of carboxylic acids is 1. The van der Waals surface area contributed by atoms with Crippen LogP contribution in [0.5, 0.6) is 11.5 Å². The zero-order valence-corrected chi connectivity index (χ0v) is 20.1. The van der Waals surface area contributed by atoms with Gasteiger partial charge in [-0.05, 0) is 84.4 Å². The Balaban J connectivity index is 1.43. The summed E-state index contributed by atoms with van der Waals surface area (Å²) in [4.78, 5) is 30.8. The summed E-state index contributed by atoms with van der Waals surface area (Å²) in [5, 5.41) is 9.62. The number of ether oxygens (including phenoxy) is 2. The molecule has 4 rings (SSSR count). The van der Waals surface area contributed by atoms with Crippen molar-refractivity contribution in [2.75, 3.05) is 13.7 Å². The van der Waals surface area contributed by atoms with E-state index >= 15 is 0 Å². The first kappa shape index (κ1) is 24.1. The highest BCUT2D eigenvalue weighted by molar-refractivity contribution is 8.18. The van der Waals surface area contributed by atoms with E-state index < -0.39 is 5.97 Å². The number of hydrogen-bond acceptors (Lipinski definition) is 6. The predicted molar refractivity (Wildman–Crippen MR) is 137 cm³/mol. The van der Waals surface area contributed by atoms with E-state index in [9.17, 15) is 9.59 Å². The molecule has 7 nitrogen and oxygen atoms in total. The number of carbonyl (C=O) groups is 2. The summed E-state index contributed by atoms with van der Waals surface area (Å²) >= 11 is 1.35. The molecule has 1 heterocycles. The first-order chi connectivity index (χ1) is 17.0. The highest BCUT2D eigenvalue weighted by Crippen LogP contribution is 2.34. The maximum atomic E-state index is 12.9. The van der Waals surface area contributed by atoms with Gasteiger partial charge in [-0.25, -0.2) is 9.79 Å². The van der Waals surface area contributed by atoms with Crippen LogP contribution in [0.1, 0.15) is 28.4 Å². The molecule has 1 saturated heterocycles. The van der Waals surface area contributed by atoms with Crippen LogP contribution in [0.3, 0.4) is 0 Å². The van der Waals surface area contributed by atoms with E-state index in [0.29, 0.717) is 29.0 Å². The Morgan fingerprint density at radius 3 is 2.26 bits per heavy atom. The number of amidine groups is 1. The minimum absolute atomic E-state index is 0.0742. The van der Waals surface area contributed by atoms with E-state index in [0.717, 1.165) is 22.6 Å². The molecule has 1 fully saturated rings. The summed E-state index contributed by atoms with van der Waals surface area (Å²) in [5.74, 6) is 0.398. The lowest BCUT2D eigenvalue weighted by Crippen LogP contribution is -2.28. The van der Waals surface area contributed by atoms with Crippen LogP contribution in [0.25, 0.3) is 6.08 Å². The smallest absolute Gasteiger partial charge is 0.335 e. The van der Waals surface area contributed by atoms with Crippen LogP contribution in [0, 0.1) is 0 Å². The standard InChI is InChI=1S/C27H24N2O5S/c1-3-29-25(30)24(35-27(29)28-21-10-14-22(33-2)15-11-21)16-18-6-12-23(13-7-18)34-17-19-4-8-20(9-5-19)26(31)32/h4-16H,3,17H2,1-2H3,(H,31,32)/b24-16-,28-27?. The number of aliphatic imine (C=N–C) groups is 1. The average molecular weight is 489 g/mol. The van der Waals surface area contributed by atoms with Crippen molar-refractivity contribution in [2.24, 2.45) is 4.99 Å². The second-order valence-corrected chi connectivity index (χ2v) is 8.62. The van der Waals surface area contributed by atoms with Gasteiger partial charge in [-0.2, -0.15) is 0 Å². The van der Waals surface area contributed by atoms with Crippen molar-refractivity contribution >= 4 is 40.6 Å². The Hall–Kier alpha value is -4.04. The van der Waals surface area contributed by atoms with E-state index in [-0.39, 0.29) is 11.5 Å². The third-order valence-corrected chi connectivity index (χ3v) is 6.29. The summed E-state index contributed by atoms with van der Waals surface area (Å²) in [6, 6.07) is 21.4. The molecule has 8 heteroatoms. The molecule has 0 radical (unpaired) electrons. The minimum atomic E-state index is -0.956. The fourth-order valence-corrected chi connectivity index (χ4v) is 4.42. The number of aromatic carboxylic acids is 1. The van der Waals surface area contributed by atoms with Crippen molar-refractivity contribution in [1.29, 1.82) is 0 Å². The average Bonchev–Trinajstić information content (AvgIpc) is 3.17. The summed E-state index contributed by atoms with van der Waals surface area (Å²) < 4.78 is 11.0. The van der Waals surface area contributed by atoms with Crippen LogP contribution in [0.2, 0.25) is 0 Å². The first-order valence-electron chi connectivity index (χ1n) is 11.0. The second-order valence-electron chi connectivity index (χ2n) is 7.61. The molecular weight excluding hydrogens is 464 g/mol. The van der Waals surface area contributed by atoms with Crippen LogP contribution in [-0.4, -0.2) is 40.7 Å². The van der Waals surface area contributed by atoms with Crippen molar-refractivity contribution in [3.8, 4) is 11.5 Å². The van der Waals surface area contributed by atoms with Gasteiger partial charge < -0.3 is 14.6 Å². The Morgan fingerprint density at radius 2 is 1.66 bits per heavy atom. The van der Waals surface area contributed by atoms with E-state index in [2.05, 4.69) is 4.99 Å². The highest BCUT2D eigenvalue weighted by atomic mass is 32.2. The summed E-state index contributed by atoms with van der Waals surface area (Å²) in [7, 11) is 1.61. The Bertz CT molecular complexity index is 1270. The van der Waals surface area contributed by atoms with Gasteiger partial charge in [0.05, 0.1) is 23.3 Å². The van der Waals surface area contributed by atoms with Crippen molar-refractivity contribution in [1.82, 2.24) is 4.90 Å². The molecule has 1 N–H and O–H groups in total. The van der Waals surface area contributed by atoms with Crippen LogP contribution >= 0.6 is 11.8 Å². The molecule has 0 spiro atoms. The Morgan fingerprint density at radius 1 is 1.00 bits per heavy atom. The minimum Gasteiger partial charge on any atom is -0.497 e. The molecule has 1 aliphatic rings. The largest absolute Gasteiger partial charge is 0.497 e. The Kier molecular flexibility index (Phi) is 7.52. The number of carbonyl (C=O) groups excluding carboxylic acids is 1. The number of likely N-dealkylation sites (N-methyl/N-ethyl adjacent to an activating group) is 1. The Labute approximate surface area is 207 Å². The SMILES string of the molecule is CCN1C(=O)/C(=C/c2ccc(OCc3ccc(C(=O)O)cc3)cc2)SC1=Nc1ccc(OC)cc1. The second kappa shape index (κ2) is 10.9. The molecule has 3 aromatic carbocycles. The van der Waals surface area contributed by atoms with E-state index in [1.165, 1.54) is 11.8 Å². The number of amides is 1. The fourth-order valence-electron chi connectivity index (χ4n) is 3.36. The molecule has 1 amide bonds. The maximum Gasteiger partial charge on any atom is 0.335 e. The van der Waals surface area contributed by atoms with E-state index in [4.69, 9.17) is 14.6 Å². The third-order valence-electron chi connectivity index (χ3n) is 5.29. The van der Waals surface area contributed by atoms with Crippen LogP contribution in [0.15, 0.2) is 82.7 Å². The van der Waals surface area contributed by atoms with Crippen LogP contribution < -0.4 is 9.47 Å². The highest BCUT2D eigenvalue weighted by Gasteiger charge is 2.32. The lowest BCUT2D eigenvalue weighted by molar-refractivity contribution is -0.122. The molecule has 0 aromatic heterocycles. The summed E-state index contributed by atoms with van der Waals surface area (Å²) in [6.45, 7) is 2.77. The van der Waals surface area contributed by atoms with Crippen LogP contribution in [-0.2, 0) is 11.4 Å². The van der Waals surface area contributed by atoms with Crippen LogP contribution in [0.4, 0.5) is 5.69 Å². The van der Waals surface area contributed by atoms with Gasteiger partial charge in [0.25, 0.3) is 5.91 Å². The number of rotatable bonds is 8. The van der Waals surface area contributed by atoms with Gasteiger partial charge in [-0.15, -0.1) is 0 Å². The molecule has 0 unspecified atom stereocenters. The number of benzene rings is 3. The number of carboxylic acid groups (broad SMARTS) is 1. The fraction of sp³-hybridized carbons (Fsp3) is 0.148. The zero-order chi connectivity index (χ0) is 24.8. The van der Waals surface area contributed by atoms with Gasteiger partial charge in [0.1, 0.15) is 18.1 Å². The lowest BCUT2D eigenvalue weighted by atomic mass is 10.1. The van der Waals surface area contributed by atoms with Gasteiger partial charge in [-0.1, -0.05) is 24.3 Å². The lowest BCUT2D eigenvalue weighted by Gasteiger charge is -2.12. The molecule has 1 aliphatic heterocycles. The molecular formula is C27H24N2O5S. The number of methoxy groups -OCH3 is 1. The summed E-state index contributed by atoms with van der Waals surface area (Å²) in [6.07, 6.45) is 1.85. The number of thioether (sulfide) groups is 1. The van der Waals surface area contributed by atoms with Gasteiger partial charge in [0.15, 0.2) is 5.17 Å². The topological polar surface area (TPSA) is 88.4 Å². The molecule has 0 atom stereocenters. The van der Waals surface area contributed by atoms with Crippen molar-refractivity contribution in [3.63, 3.8) is 0 Å². The molecule has 0 bridgehead atoms. The van der Waals surface area contributed by atoms with Gasteiger partial charge >= 0.3 is 5.97 Å². The first-order valence-corrected chi connectivity index (χ1v) is 11.8. The molecule has 3 aromatic rings. The monoisotopic (exact) mass is 488 g/mol. The van der Waals surface area contributed by atoms with Gasteiger partial charge in [0.2, 0.25) is 0 Å². The van der Waals surface area contributed by atoms with Crippen molar-refractivity contribution < 1.29 is 24.2 Å².